The van der Waals surface area contributed by atoms with Crippen molar-refractivity contribution in [3.63, 3.8) is 0 Å². The molecule has 0 bridgehead atoms. The number of nitrogens with one attached hydrogen (secondary N) is 1. The Balaban J connectivity index is 1.66. The second kappa shape index (κ2) is 13.9. The first-order valence-corrected chi connectivity index (χ1v) is 14.2. The monoisotopic (exact) mass is 561 g/mol. The Morgan fingerprint density at radius 3 is 2.55 bits per heavy atom. The van der Waals surface area contributed by atoms with Gasteiger partial charge >= 0.3 is 0 Å². The van der Waals surface area contributed by atoms with Gasteiger partial charge in [-0.05, 0) is 68.9 Å². The Labute approximate surface area is 239 Å². The summed E-state index contributed by atoms with van der Waals surface area (Å²) in [4.78, 5) is 42.8. The molecule has 210 valence electrons. The third kappa shape index (κ3) is 7.59. The fourth-order valence-electron chi connectivity index (χ4n) is 4.82. The summed E-state index contributed by atoms with van der Waals surface area (Å²) in [5, 5.41) is 3.57. The van der Waals surface area contributed by atoms with Gasteiger partial charge < -0.3 is 19.7 Å². The zero-order chi connectivity index (χ0) is 28.5. The molecular weight excluding hydrogens is 526 g/mol. The van der Waals surface area contributed by atoms with Crippen LogP contribution in [0.5, 0.6) is 11.5 Å². The lowest BCUT2D eigenvalue weighted by Gasteiger charge is -2.37. The Morgan fingerprint density at radius 1 is 1.10 bits per heavy atom. The predicted octanol–water partition coefficient (Wildman–Crippen LogP) is 4.99. The van der Waals surface area contributed by atoms with E-state index in [1.807, 2.05) is 32.0 Å². The smallest absolute Gasteiger partial charge is 0.247 e. The van der Waals surface area contributed by atoms with E-state index in [2.05, 4.69) is 32.4 Å². The third-order valence-corrected chi connectivity index (χ3v) is 7.54. The lowest BCUT2D eigenvalue weighted by molar-refractivity contribution is -0.139. The van der Waals surface area contributed by atoms with Crippen LogP contribution in [0.15, 0.2) is 66.1 Å². The predicted molar refractivity (Wildman–Crippen MR) is 155 cm³/mol. The number of ether oxygens (including phenoxy) is 2. The number of allylic oxidation sites excluding steroid dienone is 2. The van der Waals surface area contributed by atoms with E-state index in [4.69, 9.17) is 9.47 Å². The van der Waals surface area contributed by atoms with Gasteiger partial charge in [-0.2, -0.15) is 0 Å². The van der Waals surface area contributed by atoms with Crippen molar-refractivity contribution < 1.29 is 19.1 Å². The van der Waals surface area contributed by atoms with Crippen molar-refractivity contribution in [1.29, 1.82) is 0 Å². The maximum Gasteiger partial charge on any atom is 0.247 e. The largest absolute Gasteiger partial charge is 0.497 e. The van der Waals surface area contributed by atoms with Crippen LogP contribution < -0.4 is 14.8 Å². The van der Waals surface area contributed by atoms with Crippen LogP contribution in [0.25, 0.3) is 0 Å². The van der Waals surface area contributed by atoms with Crippen molar-refractivity contribution in [3.05, 3.63) is 77.9 Å². The fraction of sp³-hybridized carbons (Fsp3) is 0.367. The first-order valence-electron chi connectivity index (χ1n) is 13.2. The second-order valence-electron chi connectivity index (χ2n) is 9.65. The summed E-state index contributed by atoms with van der Waals surface area (Å²) in [6.45, 7) is 4.05. The minimum Gasteiger partial charge on any atom is -0.497 e. The van der Waals surface area contributed by atoms with E-state index >= 15 is 0 Å². The van der Waals surface area contributed by atoms with Crippen molar-refractivity contribution in [2.75, 3.05) is 25.3 Å². The van der Waals surface area contributed by atoms with E-state index in [1.54, 1.807) is 49.7 Å². The molecule has 4 rings (SSSR count). The van der Waals surface area contributed by atoms with Crippen molar-refractivity contribution in [2.45, 2.75) is 50.9 Å². The van der Waals surface area contributed by atoms with Crippen LogP contribution in [0.3, 0.4) is 0 Å². The number of hydrogen-bond donors (Lipinski definition) is 1. The van der Waals surface area contributed by atoms with Gasteiger partial charge in [-0.1, -0.05) is 30.0 Å². The second-order valence-corrected chi connectivity index (χ2v) is 10.6. The van der Waals surface area contributed by atoms with E-state index in [0.717, 1.165) is 29.8 Å². The van der Waals surface area contributed by atoms with Crippen LogP contribution in [0.1, 0.15) is 36.2 Å². The third-order valence-electron chi connectivity index (χ3n) is 6.71. The summed E-state index contributed by atoms with van der Waals surface area (Å²) in [7, 11) is 3.11. The molecule has 0 fully saturated rings. The summed E-state index contributed by atoms with van der Waals surface area (Å²) in [6, 6.07) is 10.1. The molecule has 9 nitrogen and oxygen atoms in total. The van der Waals surface area contributed by atoms with Crippen LogP contribution in [-0.2, 0) is 16.1 Å². The zero-order valence-electron chi connectivity index (χ0n) is 23.3. The number of carbonyl (C=O) groups excluding carboxylic acids is 2. The molecule has 10 heteroatoms. The van der Waals surface area contributed by atoms with Gasteiger partial charge in [0.25, 0.3) is 0 Å². The van der Waals surface area contributed by atoms with E-state index in [0.29, 0.717) is 28.8 Å². The van der Waals surface area contributed by atoms with E-state index in [1.165, 1.54) is 11.8 Å². The molecule has 40 heavy (non-hydrogen) atoms. The quantitative estimate of drug-likeness (QED) is 0.198. The van der Waals surface area contributed by atoms with Gasteiger partial charge in [-0.3, -0.25) is 14.6 Å². The summed E-state index contributed by atoms with van der Waals surface area (Å²) < 4.78 is 10.8. The fourth-order valence-corrected chi connectivity index (χ4v) is 5.66. The zero-order valence-corrected chi connectivity index (χ0v) is 24.1. The molecule has 3 aromatic rings. The number of amides is 2. The van der Waals surface area contributed by atoms with Gasteiger partial charge in [0.1, 0.15) is 17.5 Å². The molecule has 1 aromatic carbocycles. The standard InChI is InChI=1S/C30H35N5O4S/c1-20-15-21(2)33-30(32-20)40-19-27(36)35(18-22-9-8-14-31-17-22)28(23-10-6-5-7-11-23)29(37)34-25-13-12-24(38-3)16-26(25)39-4/h5-6,8-9,12-17,23,28H,7,10-11,18-19H2,1-4H3,(H,34,37)/t23-,28+/m1/s1. The number of benzene rings is 1. The molecule has 0 saturated heterocycles. The van der Waals surface area contributed by atoms with Crippen LogP contribution in [0.2, 0.25) is 0 Å². The maximum atomic E-state index is 14.1. The Bertz CT molecular complexity index is 1330. The van der Waals surface area contributed by atoms with Crippen molar-refractivity contribution >= 4 is 29.3 Å². The molecule has 0 radical (unpaired) electrons. The highest BCUT2D eigenvalue weighted by molar-refractivity contribution is 7.99. The van der Waals surface area contributed by atoms with Crippen LogP contribution in [0, 0.1) is 19.8 Å². The van der Waals surface area contributed by atoms with Crippen molar-refractivity contribution in [2.24, 2.45) is 5.92 Å². The first kappa shape index (κ1) is 29.1. The van der Waals surface area contributed by atoms with Crippen LogP contribution in [-0.4, -0.2) is 57.7 Å². The number of carbonyl (C=O) groups is 2. The lowest BCUT2D eigenvalue weighted by atomic mass is 9.86. The number of aromatic nitrogens is 3. The minimum atomic E-state index is -0.717. The molecule has 1 aliphatic rings. The van der Waals surface area contributed by atoms with Gasteiger partial charge in [0, 0.05) is 36.4 Å². The number of anilines is 1. The molecule has 0 aliphatic heterocycles. The molecule has 2 amide bonds. The van der Waals surface area contributed by atoms with Gasteiger partial charge in [0.2, 0.25) is 11.8 Å². The number of hydrogen-bond acceptors (Lipinski definition) is 8. The van der Waals surface area contributed by atoms with Crippen molar-refractivity contribution in [1.82, 2.24) is 19.9 Å². The number of thioether (sulfide) groups is 1. The molecule has 0 spiro atoms. The highest BCUT2D eigenvalue weighted by Crippen LogP contribution is 2.32. The Kier molecular flexibility index (Phi) is 10.1. The van der Waals surface area contributed by atoms with Gasteiger partial charge in [0.15, 0.2) is 5.16 Å². The maximum absolute atomic E-state index is 14.1. The topological polar surface area (TPSA) is 107 Å². The summed E-state index contributed by atoms with van der Waals surface area (Å²) in [5.74, 6) is 0.686. The molecular formula is C30H35N5O4S. The minimum absolute atomic E-state index is 0.0580. The van der Waals surface area contributed by atoms with E-state index < -0.39 is 6.04 Å². The highest BCUT2D eigenvalue weighted by atomic mass is 32.2. The van der Waals surface area contributed by atoms with Gasteiger partial charge in [-0.15, -0.1) is 0 Å². The number of pyridine rings is 1. The molecule has 0 unspecified atom stereocenters. The van der Waals surface area contributed by atoms with E-state index in [-0.39, 0.29) is 30.0 Å². The van der Waals surface area contributed by atoms with Crippen molar-refractivity contribution in [3.8, 4) is 11.5 Å². The van der Waals surface area contributed by atoms with Crippen LogP contribution in [0.4, 0.5) is 5.69 Å². The lowest BCUT2D eigenvalue weighted by Crippen LogP contribution is -2.52. The number of aryl methyl sites for hydroxylation is 2. The van der Waals surface area contributed by atoms with Gasteiger partial charge in [-0.25, -0.2) is 9.97 Å². The highest BCUT2D eigenvalue weighted by Gasteiger charge is 2.37. The summed E-state index contributed by atoms with van der Waals surface area (Å²) in [5.41, 5.74) is 3.04. The summed E-state index contributed by atoms with van der Waals surface area (Å²) in [6.07, 6.45) is 9.96. The molecule has 0 saturated carbocycles. The number of methoxy groups -OCH3 is 2. The number of rotatable bonds is 11. The average molecular weight is 562 g/mol. The molecule has 2 aromatic heterocycles. The summed E-state index contributed by atoms with van der Waals surface area (Å²) >= 11 is 1.28. The SMILES string of the molecule is COc1ccc(NC(=O)[C@H]([C@@H]2CC=CCC2)N(Cc2cccnc2)C(=O)CSc2nc(C)cc(C)n2)c(OC)c1. The average Bonchev–Trinajstić information content (AvgIpc) is 2.96. The number of nitrogens with zero attached hydrogens (tertiary/aromatic N) is 4. The Morgan fingerprint density at radius 2 is 1.90 bits per heavy atom. The van der Waals surface area contributed by atoms with Crippen LogP contribution >= 0.6 is 11.8 Å². The first-order chi connectivity index (χ1) is 19.4. The molecule has 1 N–H and O–H groups in total. The Hall–Kier alpha value is -3.92. The molecule has 2 atom stereocenters. The normalized spacial score (nSPS) is 15.2. The van der Waals surface area contributed by atoms with E-state index in [9.17, 15) is 9.59 Å². The van der Waals surface area contributed by atoms with Gasteiger partial charge in [0.05, 0.1) is 25.7 Å². The molecule has 1 aliphatic carbocycles. The molecule has 2 heterocycles.